The van der Waals surface area contributed by atoms with E-state index in [0.29, 0.717) is 4.83 Å². The van der Waals surface area contributed by atoms with Crippen molar-refractivity contribution in [2.45, 2.75) is 58.2 Å². The molecule has 0 aliphatic heterocycles. The highest BCUT2D eigenvalue weighted by Gasteiger charge is 2.16. The van der Waals surface area contributed by atoms with E-state index in [1.807, 2.05) is 0 Å². The lowest BCUT2D eigenvalue weighted by Crippen LogP contribution is -2.17. The van der Waals surface area contributed by atoms with Crippen LogP contribution in [0.4, 0.5) is 0 Å². The molecule has 0 N–H and O–H groups in total. The molecule has 2 unspecified atom stereocenters. The summed E-state index contributed by atoms with van der Waals surface area (Å²) in [5.41, 5.74) is 0. The van der Waals surface area contributed by atoms with Crippen LogP contribution in [0.1, 0.15) is 53.4 Å². The highest BCUT2D eigenvalue weighted by Crippen LogP contribution is 2.25. The summed E-state index contributed by atoms with van der Waals surface area (Å²) in [6.07, 6.45) is 5.50. The Bertz CT molecular complexity index is 99.2. The Balaban J connectivity index is 3.49. The van der Waals surface area contributed by atoms with E-state index >= 15 is 0 Å². The molecule has 0 heterocycles. The molecule has 0 saturated heterocycles. The Morgan fingerprint density at radius 3 is 2.08 bits per heavy atom. The second kappa shape index (κ2) is 6.94. The number of halogens is 1. The van der Waals surface area contributed by atoms with Gasteiger partial charge in [0.15, 0.2) is 0 Å². The van der Waals surface area contributed by atoms with Crippen LogP contribution >= 0.6 is 15.9 Å². The second-order valence-electron chi connectivity index (χ2n) is 4.16. The molecule has 0 rings (SSSR count). The van der Waals surface area contributed by atoms with Crippen LogP contribution in [0.3, 0.4) is 0 Å². The maximum atomic E-state index is 3.76. The van der Waals surface area contributed by atoms with Crippen LogP contribution in [0.2, 0.25) is 0 Å². The van der Waals surface area contributed by atoms with Crippen molar-refractivity contribution in [3.8, 4) is 0 Å². The molecule has 0 amide bonds. The highest BCUT2D eigenvalue weighted by molar-refractivity contribution is 9.09. The quantitative estimate of drug-likeness (QED) is 0.465. The molecule has 0 spiro atoms. The van der Waals surface area contributed by atoms with Gasteiger partial charge < -0.3 is 0 Å². The Kier molecular flexibility index (Phi) is 7.22. The zero-order valence-corrected chi connectivity index (χ0v) is 10.5. The van der Waals surface area contributed by atoms with E-state index in [1.165, 1.54) is 25.7 Å². The van der Waals surface area contributed by atoms with Crippen LogP contribution in [0.25, 0.3) is 0 Å². The average molecular weight is 235 g/mol. The van der Waals surface area contributed by atoms with Gasteiger partial charge in [-0.25, -0.2) is 0 Å². The number of hydrogen-bond donors (Lipinski definition) is 0. The van der Waals surface area contributed by atoms with Crippen molar-refractivity contribution < 1.29 is 0 Å². The number of alkyl halides is 1. The monoisotopic (exact) mass is 234 g/mol. The molecule has 0 aromatic rings. The minimum atomic E-state index is 0.703. The first kappa shape index (κ1) is 12.5. The fraction of sp³-hybridized carbons (Fsp3) is 1.00. The first-order chi connectivity index (χ1) is 5.59. The van der Waals surface area contributed by atoms with Gasteiger partial charge in [0.2, 0.25) is 0 Å². The van der Waals surface area contributed by atoms with Gasteiger partial charge in [0.1, 0.15) is 0 Å². The van der Waals surface area contributed by atoms with Gasteiger partial charge in [-0.15, -0.1) is 0 Å². The van der Waals surface area contributed by atoms with E-state index in [-0.39, 0.29) is 0 Å². The molecule has 0 bridgehead atoms. The molecular weight excluding hydrogens is 212 g/mol. The van der Waals surface area contributed by atoms with Crippen LogP contribution in [0.5, 0.6) is 0 Å². The van der Waals surface area contributed by atoms with Crippen molar-refractivity contribution >= 4 is 15.9 Å². The number of unbranched alkanes of at least 4 members (excludes halogenated alkanes) is 2. The lowest BCUT2D eigenvalue weighted by atomic mass is 9.94. The van der Waals surface area contributed by atoms with Gasteiger partial charge in [-0.3, -0.25) is 0 Å². The largest absolute Gasteiger partial charge is 0.0885 e. The summed E-state index contributed by atoms with van der Waals surface area (Å²) in [5, 5.41) is 0. The fourth-order valence-electron chi connectivity index (χ4n) is 1.53. The van der Waals surface area contributed by atoms with Crippen LogP contribution < -0.4 is 0 Å². The summed E-state index contributed by atoms with van der Waals surface area (Å²) in [6.45, 7) is 9.19. The maximum absolute atomic E-state index is 3.76. The summed E-state index contributed by atoms with van der Waals surface area (Å²) in [7, 11) is 0. The molecule has 1 heteroatoms. The van der Waals surface area contributed by atoms with Crippen molar-refractivity contribution in [2.75, 3.05) is 0 Å². The van der Waals surface area contributed by atoms with Crippen molar-refractivity contribution in [1.29, 1.82) is 0 Å². The zero-order chi connectivity index (χ0) is 9.56. The third-order valence-electron chi connectivity index (χ3n) is 2.44. The normalized spacial score (nSPS) is 16.5. The fourth-order valence-corrected chi connectivity index (χ4v) is 1.80. The van der Waals surface area contributed by atoms with Gasteiger partial charge in [0, 0.05) is 4.83 Å². The smallest absolute Gasteiger partial charge is 0.0194 e. The van der Waals surface area contributed by atoms with Crippen LogP contribution in [-0.2, 0) is 0 Å². The first-order valence-corrected chi connectivity index (χ1v) is 6.15. The van der Waals surface area contributed by atoms with E-state index < -0.39 is 0 Å². The Morgan fingerprint density at radius 2 is 1.67 bits per heavy atom. The molecule has 12 heavy (non-hydrogen) atoms. The predicted octanol–water partition coefficient (Wildman–Crippen LogP) is 4.62. The highest BCUT2D eigenvalue weighted by atomic mass is 79.9. The molecule has 0 aromatic heterocycles. The topological polar surface area (TPSA) is 0 Å². The molecule has 0 radical (unpaired) electrons. The molecule has 0 aliphatic carbocycles. The summed E-state index contributed by atoms with van der Waals surface area (Å²) >= 11 is 3.76. The van der Waals surface area contributed by atoms with Crippen molar-refractivity contribution in [1.82, 2.24) is 0 Å². The number of rotatable bonds is 6. The van der Waals surface area contributed by atoms with E-state index in [2.05, 4.69) is 43.6 Å². The summed E-state index contributed by atoms with van der Waals surface area (Å²) in [6, 6.07) is 0. The lowest BCUT2D eigenvalue weighted by Gasteiger charge is -2.21. The van der Waals surface area contributed by atoms with E-state index in [4.69, 9.17) is 0 Å². The minimum Gasteiger partial charge on any atom is -0.0885 e. The molecule has 0 saturated carbocycles. The van der Waals surface area contributed by atoms with E-state index in [9.17, 15) is 0 Å². The van der Waals surface area contributed by atoms with Crippen molar-refractivity contribution in [2.24, 2.45) is 11.8 Å². The Labute approximate surface area is 86.3 Å². The summed E-state index contributed by atoms with van der Waals surface area (Å²) in [4.78, 5) is 0.703. The predicted molar refractivity (Wildman–Crippen MR) is 60.9 cm³/mol. The molecule has 0 nitrogen and oxygen atoms in total. The van der Waals surface area contributed by atoms with Crippen LogP contribution in [-0.4, -0.2) is 4.83 Å². The van der Waals surface area contributed by atoms with Gasteiger partial charge in [0.25, 0.3) is 0 Å². The number of hydrogen-bond acceptors (Lipinski definition) is 0. The maximum Gasteiger partial charge on any atom is 0.0194 e. The summed E-state index contributed by atoms with van der Waals surface area (Å²) < 4.78 is 0. The van der Waals surface area contributed by atoms with Gasteiger partial charge >= 0.3 is 0 Å². The summed E-state index contributed by atoms with van der Waals surface area (Å²) in [5.74, 6) is 1.60. The molecule has 0 aromatic carbocycles. The van der Waals surface area contributed by atoms with Crippen LogP contribution in [0.15, 0.2) is 0 Å². The molecule has 2 atom stereocenters. The third kappa shape index (κ3) is 5.18. The molecular formula is C11H23Br. The first-order valence-electron chi connectivity index (χ1n) is 5.23. The standard InChI is InChI=1S/C11H23Br/c1-5-6-7-8-10(4)11(12)9(2)3/h9-11H,5-8H2,1-4H3. The molecule has 74 valence electrons. The van der Waals surface area contributed by atoms with Gasteiger partial charge in [-0.2, -0.15) is 0 Å². The SMILES string of the molecule is CCCCCC(C)C(Br)C(C)C. The third-order valence-corrected chi connectivity index (χ3v) is 4.40. The van der Waals surface area contributed by atoms with Gasteiger partial charge in [-0.1, -0.05) is 62.9 Å². The minimum absolute atomic E-state index is 0.703. The molecule has 0 aliphatic rings. The zero-order valence-electron chi connectivity index (χ0n) is 8.94. The Hall–Kier alpha value is 0.480. The lowest BCUT2D eigenvalue weighted by molar-refractivity contribution is 0.421. The van der Waals surface area contributed by atoms with Crippen LogP contribution in [0, 0.1) is 11.8 Å². The molecule has 0 fully saturated rings. The van der Waals surface area contributed by atoms with E-state index in [0.717, 1.165) is 11.8 Å². The van der Waals surface area contributed by atoms with Crippen molar-refractivity contribution in [3.63, 3.8) is 0 Å². The Morgan fingerprint density at radius 1 is 1.08 bits per heavy atom. The van der Waals surface area contributed by atoms with Gasteiger partial charge in [-0.05, 0) is 18.3 Å². The van der Waals surface area contributed by atoms with Gasteiger partial charge in [0.05, 0.1) is 0 Å². The van der Waals surface area contributed by atoms with E-state index in [1.54, 1.807) is 0 Å². The second-order valence-corrected chi connectivity index (χ2v) is 5.22. The average Bonchev–Trinajstić information content (AvgIpc) is 2.03. The van der Waals surface area contributed by atoms with Crippen molar-refractivity contribution in [3.05, 3.63) is 0 Å².